The van der Waals surface area contributed by atoms with Crippen LogP contribution >= 0.6 is 0 Å². The van der Waals surface area contributed by atoms with Crippen LogP contribution in [0.1, 0.15) is 33.1 Å². The third-order valence-corrected chi connectivity index (χ3v) is 4.12. The molecule has 0 amide bonds. The molecule has 0 bridgehead atoms. The molecule has 0 aliphatic heterocycles. The molecule has 112 valence electrons. The zero-order chi connectivity index (χ0) is 15.1. The Morgan fingerprint density at radius 1 is 1.37 bits per heavy atom. The van der Waals surface area contributed by atoms with Crippen LogP contribution in [0, 0.1) is 5.92 Å². The molecule has 0 heterocycles. The van der Waals surface area contributed by atoms with Gasteiger partial charge in [-0.05, 0) is 6.42 Å². The highest BCUT2D eigenvalue weighted by Crippen LogP contribution is 2.06. The predicted octanol–water partition coefficient (Wildman–Crippen LogP) is 0.358. The molecule has 0 aromatic heterocycles. The standard InChI is InChI=1S/C11H21NO6S/c1-4-5-6-9(10(13)14)12-19(16,17)7-8(2)11(15)18-3/h8-9,12H,4-7H2,1-3H3,(H,13,14). The summed E-state index contributed by atoms with van der Waals surface area (Å²) in [5, 5.41) is 8.93. The molecule has 0 aromatic carbocycles. The number of rotatable bonds is 9. The molecule has 2 unspecified atom stereocenters. The smallest absolute Gasteiger partial charge is 0.321 e. The van der Waals surface area contributed by atoms with Crippen molar-refractivity contribution in [2.45, 2.75) is 39.2 Å². The van der Waals surface area contributed by atoms with Crippen molar-refractivity contribution in [2.24, 2.45) is 5.92 Å². The predicted molar refractivity (Wildman–Crippen MR) is 69.1 cm³/mol. The molecule has 0 spiro atoms. The van der Waals surface area contributed by atoms with E-state index in [0.717, 1.165) is 6.42 Å². The summed E-state index contributed by atoms with van der Waals surface area (Å²) >= 11 is 0. The van der Waals surface area contributed by atoms with E-state index in [1.165, 1.54) is 14.0 Å². The fourth-order valence-electron chi connectivity index (χ4n) is 1.50. The number of unbranched alkanes of at least 4 members (excludes halogenated alkanes) is 1. The molecule has 0 fully saturated rings. The van der Waals surface area contributed by atoms with Crippen LogP contribution in [0.4, 0.5) is 0 Å². The van der Waals surface area contributed by atoms with E-state index in [9.17, 15) is 18.0 Å². The SMILES string of the molecule is CCCCC(NS(=O)(=O)CC(C)C(=O)OC)C(=O)O. The van der Waals surface area contributed by atoms with Crippen LogP contribution in [0.2, 0.25) is 0 Å². The summed E-state index contributed by atoms with van der Waals surface area (Å²) in [6.07, 6.45) is 1.59. The lowest BCUT2D eigenvalue weighted by molar-refractivity contribution is -0.144. The molecule has 2 atom stereocenters. The fraction of sp³-hybridized carbons (Fsp3) is 0.818. The van der Waals surface area contributed by atoms with Crippen molar-refractivity contribution < 1.29 is 27.9 Å². The molecule has 0 rings (SSSR count). The van der Waals surface area contributed by atoms with E-state index in [4.69, 9.17) is 5.11 Å². The minimum absolute atomic E-state index is 0.220. The number of carboxylic acids is 1. The van der Waals surface area contributed by atoms with Crippen molar-refractivity contribution >= 4 is 22.0 Å². The third-order valence-electron chi connectivity index (χ3n) is 2.54. The van der Waals surface area contributed by atoms with Gasteiger partial charge < -0.3 is 9.84 Å². The lowest BCUT2D eigenvalue weighted by Gasteiger charge is -2.16. The van der Waals surface area contributed by atoms with Crippen molar-refractivity contribution in [3.63, 3.8) is 0 Å². The first-order chi connectivity index (χ1) is 8.73. The Hall–Kier alpha value is -1.15. The summed E-state index contributed by atoms with van der Waals surface area (Å²) in [7, 11) is -2.68. The first kappa shape index (κ1) is 17.8. The lowest BCUT2D eigenvalue weighted by atomic mass is 10.1. The molecule has 0 radical (unpaired) electrons. The highest BCUT2D eigenvalue weighted by atomic mass is 32.2. The first-order valence-electron chi connectivity index (χ1n) is 6.04. The third kappa shape index (κ3) is 7.12. The maximum Gasteiger partial charge on any atom is 0.321 e. The van der Waals surface area contributed by atoms with E-state index in [-0.39, 0.29) is 6.42 Å². The monoisotopic (exact) mass is 295 g/mol. The number of aliphatic carboxylic acids is 1. The maximum absolute atomic E-state index is 11.8. The average molecular weight is 295 g/mol. The van der Waals surface area contributed by atoms with E-state index >= 15 is 0 Å². The number of methoxy groups -OCH3 is 1. The van der Waals surface area contributed by atoms with Gasteiger partial charge in [-0.2, -0.15) is 0 Å². The molecule has 7 nitrogen and oxygen atoms in total. The van der Waals surface area contributed by atoms with Gasteiger partial charge in [-0.25, -0.2) is 13.1 Å². The molecule has 0 saturated carbocycles. The average Bonchev–Trinajstić information content (AvgIpc) is 2.32. The molecule has 2 N–H and O–H groups in total. The van der Waals surface area contributed by atoms with Gasteiger partial charge in [-0.1, -0.05) is 26.7 Å². The van der Waals surface area contributed by atoms with E-state index < -0.39 is 39.7 Å². The van der Waals surface area contributed by atoms with Gasteiger partial charge >= 0.3 is 11.9 Å². The van der Waals surface area contributed by atoms with Crippen LogP contribution < -0.4 is 4.72 Å². The Kier molecular flexibility index (Phi) is 7.62. The summed E-state index contributed by atoms with van der Waals surface area (Å²) in [5.41, 5.74) is 0. The van der Waals surface area contributed by atoms with Crippen LogP contribution in [0.5, 0.6) is 0 Å². The molecule has 0 saturated heterocycles. The number of ether oxygens (including phenoxy) is 1. The van der Waals surface area contributed by atoms with Gasteiger partial charge in [0.15, 0.2) is 0 Å². The molecule has 19 heavy (non-hydrogen) atoms. The van der Waals surface area contributed by atoms with Crippen LogP contribution in [-0.2, 0) is 24.3 Å². The van der Waals surface area contributed by atoms with Gasteiger partial charge in [0, 0.05) is 0 Å². The number of hydrogen-bond acceptors (Lipinski definition) is 5. The van der Waals surface area contributed by atoms with Gasteiger partial charge in [0.05, 0.1) is 18.8 Å². The fourth-order valence-corrected chi connectivity index (χ4v) is 3.05. The van der Waals surface area contributed by atoms with E-state index in [1.54, 1.807) is 0 Å². The van der Waals surface area contributed by atoms with Gasteiger partial charge in [-0.3, -0.25) is 9.59 Å². The summed E-state index contributed by atoms with van der Waals surface area (Å²) in [6.45, 7) is 3.29. The lowest BCUT2D eigenvalue weighted by Crippen LogP contribution is -2.43. The van der Waals surface area contributed by atoms with Gasteiger partial charge in [0.1, 0.15) is 6.04 Å². The second-order valence-corrected chi connectivity index (χ2v) is 6.16. The van der Waals surface area contributed by atoms with Crippen molar-refractivity contribution in [2.75, 3.05) is 12.9 Å². The summed E-state index contributed by atoms with van der Waals surface area (Å²) in [4.78, 5) is 22.1. The zero-order valence-corrected chi connectivity index (χ0v) is 12.2. The topological polar surface area (TPSA) is 110 Å². The summed E-state index contributed by atoms with van der Waals surface area (Å²) < 4.78 is 30.0. The van der Waals surface area contributed by atoms with Crippen LogP contribution in [-0.4, -0.2) is 44.4 Å². The van der Waals surface area contributed by atoms with Crippen molar-refractivity contribution in [1.29, 1.82) is 0 Å². The van der Waals surface area contributed by atoms with Crippen molar-refractivity contribution in [3.05, 3.63) is 0 Å². The summed E-state index contributed by atoms with van der Waals surface area (Å²) in [5.74, 6) is -3.20. The minimum Gasteiger partial charge on any atom is -0.480 e. The van der Waals surface area contributed by atoms with Crippen LogP contribution in [0.3, 0.4) is 0 Å². The Bertz CT molecular complexity index is 405. The second kappa shape index (κ2) is 8.11. The molecular weight excluding hydrogens is 274 g/mol. The number of sulfonamides is 1. The van der Waals surface area contributed by atoms with E-state index in [0.29, 0.717) is 6.42 Å². The number of hydrogen-bond donors (Lipinski definition) is 2. The zero-order valence-electron chi connectivity index (χ0n) is 11.4. The minimum atomic E-state index is -3.84. The number of carbonyl (C=O) groups is 2. The Balaban J connectivity index is 4.63. The maximum atomic E-state index is 11.8. The van der Waals surface area contributed by atoms with E-state index in [1.807, 2.05) is 6.92 Å². The van der Waals surface area contributed by atoms with Gasteiger partial charge in [0.25, 0.3) is 0 Å². The Labute approximate surface area is 113 Å². The molecule has 0 aliphatic carbocycles. The quantitative estimate of drug-likeness (QED) is 0.594. The highest BCUT2D eigenvalue weighted by molar-refractivity contribution is 7.89. The van der Waals surface area contributed by atoms with E-state index in [2.05, 4.69) is 9.46 Å². The highest BCUT2D eigenvalue weighted by Gasteiger charge is 2.27. The number of carbonyl (C=O) groups excluding carboxylic acids is 1. The second-order valence-electron chi connectivity index (χ2n) is 4.36. The van der Waals surface area contributed by atoms with Gasteiger partial charge in [-0.15, -0.1) is 0 Å². The normalized spacial score (nSPS) is 14.7. The Morgan fingerprint density at radius 2 is 1.95 bits per heavy atom. The number of carboxylic acid groups (broad SMARTS) is 1. The molecule has 0 aliphatic rings. The molecule has 8 heteroatoms. The Morgan fingerprint density at radius 3 is 2.37 bits per heavy atom. The number of nitrogens with one attached hydrogen (secondary N) is 1. The largest absolute Gasteiger partial charge is 0.480 e. The van der Waals surface area contributed by atoms with Crippen LogP contribution in [0.15, 0.2) is 0 Å². The van der Waals surface area contributed by atoms with Crippen LogP contribution in [0.25, 0.3) is 0 Å². The van der Waals surface area contributed by atoms with Gasteiger partial charge in [0.2, 0.25) is 10.0 Å². The molecular formula is C11H21NO6S. The van der Waals surface area contributed by atoms with Crippen molar-refractivity contribution in [3.8, 4) is 0 Å². The first-order valence-corrected chi connectivity index (χ1v) is 7.69. The van der Waals surface area contributed by atoms with Crippen molar-refractivity contribution in [1.82, 2.24) is 4.72 Å². The molecule has 0 aromatic rings. The number of esters is 1. The summed E-state index contributed by atoms with van der Waals surface area (Å²) in [6, 6.07) is -1.16.